The fourth-order valence-corrected chi connectivity index (χ4v) is 3.87. The molecule has 4 aromatic rings. The first-order valence-electron chi connectivity index (χ1n) is 14.2. The third kappa shape index (κ3) is 12.8. The van der Waals surface area contributed by atoms with Crippen molar-refractivity contribution in [1.82, 2.24) is 0 Å². The summed E-state index contributed by atoms with van der Waals surface area (Å²) < 4.78 is 5.76. The van der Waals surface area contributed by atoms with Crippen LogP contribution in [0.25, 0.3) is 24.3 Å². The molecule has 0 saturated carbocycles. The monoisotopic (exact) mass is 554 g/mol. The van der Waals surface area contributed by atoms with Gasteiger partial charge in [-0.2, -0.15) is 0 Å². The lowest BCUT2D eigenvalue weighted by atomic mass is 10.1. The number of ether oxygens (including phenoxy) is 1. The molecule has 0 aromatic heterocycles. The van der Waals surface area contributed by atoms with Crippen molar-refractivity contribution < 1.29 is 14.6 Å². The fourth-order valence-electron chi connectivity index (χ4n) is 3.87. The molecule has 4 aromatic carbocycles. The van der Waals surface area contributed by atoms with Crippen LogP contribution in [0.3, 0.4) is 0 Å². The zero-order valence-electron chi connectivity index (χ0n) is 24.1. The van der Waals surface area contributed by atoms with E-state index < -0.39 is 0 Å². The molecular weight excluding hydrogens is 516 g/mol. The van der Waals surface area contributed by atoms with Crippen molar-refractivity contribution in [3.63, 3.8) is 0 Å². The zero-order chi connectivity index (χ0) is 29.7. The van der Waals surface area contributed by atoms with E-state index in [2.05, 4.69) is 6.92 Å². The van der Waals surface area contributed by atoms with Crippen molar-refractivity contribution in [3.8, 4) is 0 Å². The summed E-state index contributed by atoms with van der Waals surface area (Å²) in [7, 11) is 0. The molecule has 0 saturated heterocycles. The van der Waals surface area contributed by atoms with Crippen LogP contribution in [0.4, 0.5) is 0 Å². The second kappa shape index (κ2) is 19.0. The highest BCUT2D eigenvalue weighted by Crippen LogP contribution is 2.16. The average Bonchev–Trinajstić information content (AvgIpc) is 3.03. The molecule has 42 heavy (non-hydrogen) atoms. The highest BCUT2D eigenvalue weighted by molar-refractivity contribution is 5.85. The van der Waals surface area contributed by atoms with Crippen LogP contribution >= 0.6 is 0 Å². The Morgan fingerprint density at radius 1 is 0.643 bits per heavy atom. The SMILES string of the molecule is CCCCC(C=Cc1ccccc1)=CC(=O)OC(C=Cc1ccccc1)=Cc1ccccc1.OC=Cc1ccccc1. The summed E-state index contributed by atoms with van der Waals surface area (Å²) in [6.45, 7) is 2.14. The smallest absolute Gasteiger partial charge is 0.336 e. The Bertz CT molecular complexity index is 1460. The molecule has 0 bridgehead atoms. The Balaban J connectivity index is 0.000000458. The summed E-state index contributed by atoms with van der Waals surface area (Å²) in [5.74, 6) is 0.117. The molecule has 212 valence electrons. The summed E-state index contributed by atoms with van der Waals surface area (Å²) in [4.78, 5) is 12.8. The molecule has 0 heterocycles. The summed E-state index contributed by atoms with van der Waals surface area (Å²) in [6.07, 6.45) is 16.9. The molecule has 0 unspecified atom stereocenters. The first-order chi connectivity index (χ1) is 20.7. The normalized spacial score (nSPS) is 11.9. The molecule has 3 nitrogen and oxygen atoms in total. The zero-order valence-corrected chi connectivity index (χ0v) is 24.1. The van der Waals surface area contributed by atoms with Crippen molar-refractivity contribution in [2.45, 2.75) is 26.2 Å². The van der Waals surface area contributed by atoms with E-state index in [1.165, 1.54) is 0 Å². The maximum absolute atomic E-state index is 12.8. The van der Waals surface area contributed by atoms with Crippen LogP contribution in [0, 0.1) is 0 Å². The fraction of sp³-hybridized carbons (Fsp3) is 0.103. The van der Waals surface area contributed by atoms with Gasteiger partial charge in [-0.15, -0.1) is 0 Å². The van der Waals surface area contributed by atoms with Crippen molar-refractivity contribution in [1.29, 1.82) is 0 Å². The maximum atomic E-state index is 12.8. The molecule has 4 rings (SSSR count). The second-order valence-electron chi connectivity index (χ2n) is 9.42. The Morgan fingerprint density at radius 2 is 1.10 bits per heavy atom. The van der Waals surface area contributed by atoms with Crippen molar-refractivity contribution in [2.75, 3.05) is 0 Å². The lowest BCUT2D eigenvalue weighted by Gasteiger charge is -2.06. The van der Waals surface area contributed by atoms with E-state index in [1.807, 2.05) is 152 Å². The van der Waals surface area contributed by atoms with Gasteiger partial charge in [0.05, 0.1) is 6.26 Å². The number of rotatable bonds is 11. The van der Waals surface area contributed by atoms with E-state index in [1.54, 1.807) is 12.2 Å². The van der Waals surface area contributed by atoms with Crippen molar-refractivity contribution in [3.05, 3.63) is 179 Å². The number of hydrogen-bond donors (Lipinski definition) is 1. The first kappa shape index (κ1) is 31.4. The number of esters is 1. The number of allylic oxidation sites excluding steroid dienone is 3. The van der Waals surface area contributed by atoms with Gasteiger partial charge >= 0.3 is 5.97 Å². The summed E-state index contributed by atoms with van der Waals surface area (Å²) in [5.41, 5.74) is 5.08. The van der Waals surface area contributed by atoms with Crippen LogP contribution in [-0.4, -0.2) is 11.1 Å². The second-order valence-corrected chi connectivity index (χ2v) is 9.42. The van der Waals surface area contributed by atoms with Crippen LogP contribution in [0.5, 0.6) is 0 Å². The average molecular weight is 555 g/mol. The summed E-state index contributed by atoms with van der Waals surface area (Å²) in [6, 6.07) is 39.5. The van der Waals surface area contributed by atoms with E-state index in [4.69, 9.17) is 9.84 Å². The molecule has 3 heteroatoms. The number of carbonyl (C=O) groups is 1. The van der Waals surface area contributed by atoms with E-state index in [-0.39, 0.29) is 5.97 Å². The van der Waals surface area contributed by atoms with Gasteiger partial charge in [-0.05, 0) is 58.9 Å². The standard InChI is InChI=1S/C31H30O2.C8H8O/c1-2-3-13-29(21-20-26-14-7-4-8-15-26)25-31(32)33-30(24-28-18-11-6-12-19-28)23-22-27-16-9-5-10-17-27;9-7-6-8-4-2-1-3-5-8/h4-12,14-25H,2-3,13H2,1H3;1-7,9H. The molecule has 0 radical (unpaired) electrons. The number of aliphatic hydroxyl groups is 1. The van der Waals surface area contributed by atoms with E-state index in [0.29, 0.717) is 5.76 Å². The minimum absolute atomic E-state index is 0.376. The largest absolute Gasteiger partial charge is 0.516 e. The van der Waals surface area contributed by atoms with Crippen molar-refractivity contribution in [2.24, 2.45) is 0 Å². The van der Waals surface area contributed by atoms with E-state index in [0.717, 1.165) is 53.4 Å². The molecule has 0 aliphatic carbocycles. The topological polar surface area (TPSA) is 46.5 Å². The number of carbonyl (C=O) groups excluding carboxylic acids is 1. The van der Waals surface area contributed by atoms with Crippen molar-refractivity contribution >= 4 is 30.3 Å². The van der Waals surface area contributed by atoms with Crippen LogP contribution in [0.2, 0.25) is 0 Å². The maximum Gasteiger partial charge on any atom is 0.336 e. The molecule has 0 aliphatic heterocycles. The first-order valence-corrected chi connectivity index (χ1v) is 14.2. The minimum Gasteiger partial charge on any atom is -0.516 e. The lowest BCUT2D eigenvalue weighted by molar-refractivity contribution is -0.133. The number of benzene rings is 4. The van der Waals surface area contributed by atoms with Crippen LogP contribution in [0.15, 0.2) is 157 Å². The Kier molecular flexibility index (Phi) is 14.2. The third-order valence-electron chi connectivity index (χ3n) is 6.04. The molecule has 0 fully saturated rings. The molecule has 0 amide bonds. The summed E-state index contributed by atoms with van der Waals surface area (Å²) in [5, 5.41) is 8.34. The predicted molar refractivity (Wildman–Crippen MR) is 177 cm³/mol. The molecule has 0 spiro atoms. The van der Waals surface area contributed by atoms with Gasteiger partial charge in [0, 0.05) is 6.08 Å². The Hall–Kier alpha value is -5.15. The van der Waals surface area contributed by atoms with Gasteiger partial charge in [-0.3, -0.25) is 0 Å². The van der Waals surface area contributed by atoms with Crippen LogP contribution < -0.4 is 0 Å². The van der Waals surface area contributed by atoms with Gasteiger partial charge in [-0.1, -0.05) is 153 Å². The van der Waals surface area contributed by atoms with E-state index >= 15 is 0 Å². The van der Waals surface area contributed by atoms with Gasteiger partial charge in [0.15, 0.2) is 0 Å². The lowest BCUT2D eigenvalue weighted by Crippen LogP contribution is -2.01. The molecule has 0 atom stereocenters. The highest BCUT2D eigenvalue weighted by atomic mass is 16.5. The summed E-state index contributed by atoms with van der Waals surface area (Å²) >= 11 is 0. The molecule has 0 aliphatic rings. The predicted octanol–water partition coefficient (Wildman–Crippen LogP) is 10.3. The Morgan fingerprint density at radius 3 is 1.57 bits per heavy atom. The van der Waals surface area contributed by atoms with E-state index in [9.17, 15) is 4.79 Å². The minimum atomic E-state index is -0.376. The highest BCUT2D eigenvalue weighted by Gasteiger charge is 2.05. The van der Waals surface area contributed by atoms with Crippen LogP contribution in [0.1, 0.15) is 48.4 Å². The quantitative estimate of drug-likeness (QED) is 0.0868. The van der Waals surface area contributed by atoms with Gasteiger partial charge in [0.1, 0.15) is 5.76 Å². The van der Waals surface area contributed by atoms with Gasteiger partial charge in [-0.25, -0.2) is 4.79 Å². The van der Waals surface area contributed by atoms with Gasteiger partial charge < -0.3 is 9.84 Å². The number of aliphatic hydroxyl groups excluding tert-OH is 1. The molecular formula is C39H38O3. The van der Waals surface area contributed by atoms with Gasteiger partial charge in [0.2, 0.25) is 0 Å². The molecule has 1 N–H and O–H groups in total. The third-order valence-corrected chi connectivity index (χ3v) is 6.04. The van der Waals surface area contributed by atoms with Crippen LogP contribution in [-0.2, 0) is 9.53 Å². The number of unbranched alkanes of at least 4 members (excludes halogenated alkanes) is 1. The Labute approximate surface area is 250 Å². The van der Waals surface area contributed by atoms with Gasteiger partial charge in [0.25, 0.3) is 0 Å². The number of hydrogen-bond acceptors (Lipinski definition) is 3.